The Bertz CT molecular complexity index is 2550. The van der Waals surface area contributed by atoms with Crippen molar-refractivity contribution in [2.45, 2.75) is 248 Å². The van der Waals surface area contributed by atoms with Crippen molar-refractivity contribution in [3.63, 3.8) is 0 Å². The van der Waals surface area contributed by atoms with Crippen molar-refractivity contribution in [3.8, 4) is 0 Å². The molecule has 0 amide bonds. The lowest BCUT2D eigenvalue weighted by molar-refractivity contribution is -0.380. The van der Waals surface area contributed by atoms with Crippen LogP contribution in [0.3, 0.4) is 0 Å². The van der Waals surface area contributed by atoms with E-state index in [0.29, 0.717) is 0 Å². The van der Waals surface area contributed by atoms with E-state index in [4.69, 9.17) is 116 Å². The molecule has 502 valence electrons. The highest BCUT2D eigenvalue weighted by molar-refractivity contribution is 6.76. The molecule has 3 saturated heterocycles. The Morgan fingerprint density at radius 1 is 0.318 bits per heavy atom. The fourth-order valence-corrected chi connectivity index (χ4v) is 7.95. The van der Waals surface area contributed by atoms with Crippen LogP contribution in [0.15, 0.2) is 0 Å². The Labute approximate surface area is 528 Å². The van der Waals surface area contributed by atoms with Gasteiger partial charge in [0, 0.05) is 27.7 Å². The first-order valence-electron chi connectivity index (χ1n) is 28.2. The number of alkyl halides is 3. The SMILES string of the molecule is CC(=O)OC[C@H]1O[C@H](O[C@H]2[C@@H](OC(=O)C(C)(C)C)[C@@H](COC(=O)C(C)(C)C)O[C@@H](O[C@H]3[C@H](OC(=O)C(C)(C)C)[C@@H](OC(=O)C(C)(C)C)[C@@H](OC(=N)C(Cl)(Cl)Cl)O[C@@H]3COC(=O)C(C)(C)C)[C@@H]2OC(=O)C(C)(C)C)[C@H](OC(C)=O)[C@@H](OC(C)=O)[C@H]1OC(C)=O. The van der Waals surface area contributed by atoms with E-state index in [1.54, 1.807) is 0 Å². The third kappa shape index (κ3) is 22.4. The van der Waals surface area contributed by atoms with Gasteiger partial charge in [-0.2, -0.15) is 0 Å². The van der Waals surface area contributed by atoms with Crippen molar-refractivity contribution in [1.29, 1.82) is 5.41 Å². The molecule has 0 saturated carbocycles. The summed E-state index contributed by atoms with van der Waals surface area (Å²) in [5.74, 6) is -10.7. The lowest BCUT2D eigenvalue weighted by atomic mass is 9.92. The molecule has 1 N–H and O–H groups in total. The average molecular weight is 1320 g/mol. The minimum Gasteiger partial charge on any atom is -0.463 e. The van der Waals surface area contributed by atoms with Gasteiger partial charge in [0.2, 0.25) is 18.3 Å². The van der Waals surface area contributed by atoms with E-state index in [1.165, 1.54) is 125 Å². The Morgan fingerprint density at radius 3 is 0.932 bits per heavy atom. The number of nitrogens with one attached hydrogen (secondary N) is 1. The zero-order valence-corrected chi connectivity index (χ0v) is 56.3. The Kier molecular flexibility index (Phi) is 26.2. The molecule has 0 bridgehead atoms. The van der Waals surface area contributed by atoms with Gasteiger partial charge >= 0.3 is 59.7 Å². The summed E-state index contributed by atoms with van der Waals surface area (Å²) in [6, 6.07) is 0. The van der Waals surface area contributed by atoms with E-state index in [0.717, 1.165) is 27.7 Å². The van der Waals surface area contributed by atoms with Crippen molar-refractivity contribution in [2.24, 2.45) is 32.5 Å². The van der Waals surface area contributed by atoms with Crippen LogP contribution in [-0.2, 0) is 124 Å². The van der Waals surface area contributed by atoms with Gasteiger partial charge in [-0.05, 0) is 125 Å². The number of esters is 10. The number of rotatable bonds is 18. The molecular formula is C58H88Cl3NO26. The smallest absolute Gasteiger partial charge is 0.311 e. The molecule has 3 rings (SSSR count). The van der Waals surface area contributed by atoms with Crippen LogP contribution in [0, 0.1) is 37.9 Å². The quantitative estimate of drug-likeness (QED) is 0.0492. The fraction of sp³-hybridized carbons (Fsp3) is 0.810. The fourth-order valence-electron chi connectivity index (χ4n) is 7.82. The van der Waals surface area contributed by atoms with Crippen LogP contribution in [0.4, 0.5) is 0 Å². The van der Waals surface area contributed by atoms with Crippen molar-refractivity contribution in [1.82, 2.24) is 0 Å². The predicted molar refractivity (Wildman–Crippen MR) is 306 cm³/mol. The lowest BCUT2D eigenvalue weighted by Gasteiger charge is -2.51. The third-order valence-electron chi connectivity index (χ3n) is 12.6. The first-order valence-corrected chi connectivity index (χ1v) is 29.3. The Hall–Kier alpha value is -5.16. The number of carbonyl (C=O) groups excluding carboxylic acids is 10. The maximum Gasteiger partial charge on any atom is 0.311 e. The summed E-state index contributed by atoms with van der Waals surface area (Å²) < 4.78 is 95.5. The highest BCUT2D eigenvalue weighted by Crippen LogP contribution is 2.42. The molecule has 0 radical (unpaired) electrons. The molecule has 27 nitrogen and oxygen atoms in total. The second kappa shape index (κ2) is 29.9. The van der Waals surface area contributed by atoms with E-state index < -0.39 is 214 Å². The van der Waals surface area contributed by atoms with Crippen LogP contribution in [0.5, 0.6) is 0 Å². The topological polar surface area (TPSA) is 342 Å². The van der Waals surface area contributed by atoms with Crippen LogP contribution in [0.1, 0.15) is 152 Å². The molecular weight excluding hydrogens is 1230 g/mol. The van der Waals surface area contributed by atoms with Gasteiger partial charge in [-0.3, -0.25) is 53.4 Å². The Balaban J connectivity index is 2.71. The standard InChI is InChI=1S/C58H88Cl3NO26/c1-26(63)73-23-30-33(76-27(2)64)36(77-28(3)65)39(78-29(4)66)42(79-30)83-37-35(84-48(69)54(11,12)13)32(25-75-47(68)53(8,9)10)80-43(40(37)86-50(71)56(17,18)19)82-34-31(24-74-46(67)52(5,6)7)81-44(88-45(62)58(59,60)61)41(87-51(72)57(20,21)22)38(34)85-49(70)55(14,15)16/h30-44,62H,23-25H2,1-22H3/t30-,31-,32-,33+,34-,35+,36+,37+,38+,39-,40-,41-,42-,43+,44-/m1/s1. The van der Waals surface area contributed by atoms with Crippen LogP contribution < -0.4 is 0 Å². The lowest BCUT2D eigenvalue weighted by Crippen LogP contribution is -2.69. The minimum absolute atomic E-state index is 0.752. The van der Waals surface area contributed by atoms with Crippen LogP contribution in [0.25, 0.3) is 0 Å². The van der Waals surface area contributed by atoms with Gasteiger partial charge in [-0.25, -0.2) is 0 Å². The zero-order chi connectivity index (χ0) is 67.9. The molecule has 3 aliphatic rings. The summed E-state index contributed by atoms with van der Waals surface area (Å²) in [6.07, 6.45) is -29.7. The zero-order valence-electron chi connectivity index (χ0n) is 54.0. The summed E-state index contributed by atoms with van der Waals surface area (Å²) in [5.41, 5.74) is -7.97. The van der Waals surface area contributed by atoms with Crippen molar-refractivity contribution >= 4 is 100 Å². The van der Waals surface area contributed by atoms with Gasteiger partial charge in [-0.1, -0.05) is 34.8 Å². The van der Waals surface area contributed by atoms with E-state index in [2.05, 4.69) is 0 Å². The van der Waals surface area contributed by atoms with E-state index in [-0.39, 0.29) is 0 Å². The largest absolute Gasteiger partial charge is 0.463 e. The molecule has 15 atom stereocenters. The molecule has 0 aromatic heterocycles. The molecule has 3 fully saturated rings. The number of halogens is 3. The molecule has 3 aliphatic heterocycles. The highest BCUT2D eigenvalue weighted by atomic mass is 35.6. The molecule has 88 heavy (non-hydrogen) atoms. The average Bonchev–Trinajstić information content (AvgIpc) is 1.02. The van der Waals surface area contributed by atoms with Crippen molar-refractivity contribution in [2.75, 3.05) is 19.8 Å². The summed E-state index contributed by atoms with van der Waals surface area (Å²) in [5, 5.41) is 8.63. The molecule has 0 aliphatic carbocycles. The first kappa shape index (κ1) is 77.1. The monoisotopic (exact) mass is 1320 g/mol. The van der Waals surface area contributed by atoms with Crippen LogP contribution in [-0.4, -0.2) is 181 Å². The molecule has 3 heterocycles. The maximum absolute atomic E-state index is 14.7. The van der Waals surface area contributed by atoms with E-state index in [9.17, 15) is 47.9 Å². The maximum atomic E-state index is 14.7. The predicted octanol–water partition coefficient (Wildman–Crippen LogP) is 6.66. The van der Waals surface area contributed by atoms with Gasteiger partial charge in [0.1, 0.15) is 50.3 Å². The van der Waals surface area contributed by atoms with Crippen LogP contribution >= 0.6 is 34.8 Å². The molecule has 0 aromatic rings. The summed E-state index contributed by atoms with van der Waals surface area (Å²) in [7, 11) is 0. The number of ether oxygens (including phenoxy) is 16. The summed E-state index contributed by atoms with van der Waals surface area (Å²) in [4.78, 5) is 137. The molecule has 0 unspecified atom stereocenters. The first-order chi connectivity index (χ1) is 39.7. The summed E-state index contributed by atoms with van der Waals surface area (Å²) in [6.45, 7) is 28.3. The van der Waals surface area contributed by atoms with Crippen molar-refractivity contribution in [3.05, 3.63) is 0 Å². The third-order valence-corrected chi connectivity index (χ3v) is 13.1. The Morgan fingerprint density at radius 2 is 0.580 bits per heavy atom. The van der Waals surface area contributed by atoms with Gasteiger partial charge in [0.15, 0.2) is 49.2 Å². The summed E-state index contributed by atoms with van der Waals surface area (Å²) >= 11 is 18.4. The van der Waals surface area contributed by atoms with Crippen molar-refractivity contribution < 1.29 is 124 Å². The van der Waals surface area contributed by atoms with Gasteiger partial charge < -0.3 is 75.8 Å². The van der Waals surface area contributed by atoms with Gasteiger partial charge in [-0.15, -0.1) is 0 Å². The molecule has 0 aromatic carbocycles. The van der Waals surface area contributed by atoms with Gasteiger partial charge in [0.25, 0.3) is 3.79 Å². The second-order valence-corrected chi connectivity index (χ2v) is 29.8. The molecule has 0 spiro atoms. The van der Waals surface area contributed by atoms with E-state index >= 15 is 0 Å². The van der Waals surface area contributed by atoms with Crippen LogP contribution in [0.2, 0.25) is 0 Å². The normalized spacial score (nSPS) is 28.1. The molecule has 30 heteroatoms. The number of hydrogen-bond donors (Lipinski definition) is 1. The highest BCUT2D eigenvalue weighted by Gasteiger charge is 2.62. The number of hydrogen-bond acceptors (Lipinski definition) is 27. The number of carbonyl (C=O) groups is 10. The van der Waals surface area contributed by atoms with Gasteiger partial charge in [0.05, 0.1) is 32.5 Å². The second-order valence-electron chi connectivity index (χ2n) is 27.5. The minimum atomic E-state index is -2.61. The van der Waals surface area contributed by atoms with E-state index in [1.807, 2.05) is 0 Å².